The highest BCUT2D eigenvalue weighted by molar-refractivity contribution is 5.94. The smallest absolute Gasteiger partial charge is 0.321 e. The van der Waals surface area contributed by atoms with E-state index in [0.29, 0.717) is 12.5 Å². The van der Waals surface area contributed by atoms with Crippen LogP contribution in [-0.4, -0.2) is 25.0 Å². The van der Waals surface area contributed by atoms with E-state index in [-0.39, 0.29) is 18.5 Å². The lowest BCUT2D eigenvalue weighted by molar-refractivity contribution is -0.692. The fourth-order valence-corrected chi connectivity index (χ4v) is 2.08. The summed E-state index contributed by atoms with van der Waals surface area (Å²) in [5.74, 6) is 0.118. The van der Waals surface area contributed by atoms with Gasteiger partial charge in [0.15, 0.2) is 6.54 Å². The monoisotopic (exact) mass is 278 g/mol. The summed E-state index contributed by atoms with van der Waals surface area (Å²) in [6.07, 6.45) is 0. The van der Waals surface area contributed by atoms with Crippen LogP contribution in [0.2, 0.25) is 0 Å². The molecule has 0 aliphatic carbocycles. The van der Waals surface area contributed by atoms with E-state index in [9.17, 15) is 9.59 Å². The van der Waals surface area contributed by atoms with Crippen LogP contribution in [-0.2, 0) is 4.79 Å². The van der Waals surface area contributed by atoms with E-state index >= 15 is 0 Å². The first-order valence-corrected chi connectivity index (χ1v) is 7.00. The van der Waals surface area contributed by atoms with Crippen LogP contribution in [0, 0.1) is 5.92 Å². The summed E-state index contributed by atoms with van der Waals surface area (Å²) in [5, 5.41) is 6.81. The number of urea groups is 1. The quantitative estimate of drug-likeness (QED) is 0.720. The maximum absolute atomic E-state index is 11.7. The Hall–Kier alpha value is -1.88. The van der Waals surface area contributed by atoms with Crippen molar-refractivity contribution in [3.63, 3.8) is 0 Å². The van der Waals surface area contributed by atoms with Crippen molar-refractivity contribution in [3.05, 3.63) is 35.9 Å². The Morgan fingerprint density at radius 1 is 1.20 bits per heavy atom. The van der Waals surface area contributed by atoms with E-state index in [0.717, 1.165) is 0 Å². The number of quaternary nitrogens is 1. The van der Waals surface area contributed by atoms with Gasteiger partial charge in [-0.25, -0.2) is 4.79 Å². The predicted molar refractivity (Wildman–Crippen MR) is 78.0 cm³/mol. The lowest BCUT2D eigenvalue weighted by Crippen LogP contribution is -2.88. The minimum Gasteiger partial charge on any atom is -0.338 e. The SMILES string of the molecule is CCNC(=O)NC(=O)C[NH2+][C@H](c1ccccc1)C(C)C. The molecule has 0 saturated carbocycles. The Morgan fingerprint density at radius 3 is 2.40 bits per heavy atom. The number of rotatable bonds is 6. The highest BCUT2D eigenvalue weighted by Crippen LogP contribution is 2.16. The first-order valence-electron chi connectivity index (χ1n) is 7.00. The molecule has 0 spiro atoms. The molecular weight excluding hydrogens is 254 g/mol. The second-order valence-electron chi connectivity index (χ2n) is 5.03. The van der Waals surface area contributed by atoms with Crippen molar-refractivity contribution in [2.75, 3.05) is 13.1 Å². The van der Waals surface area contributed by atoms with Crippen molar-refractivity contribution in [1.82, 2.24) is 10.6 Å². The van der Waals surface area contributed by atoms with Crippen LogP contribution >= 0.6 is 0 Å². The van der Waals surface area contributed by atoms with Crippen LogP contribution in [0.4, 0.5) is 4.79 Å². The van der Waals surface area contributed by atoms with E-state index in [1.807, 2.05) is 23.5 Å². The van der Waals surface area contributed by atoms with Crippen molar-refractivity contribution in [2.24, 2.45) is 5.92 Å². The molecule has 1 rings (SSSR count). The highest BCUT2D eigenvalue weighted by atomic mass is 16.2. The summed E-state index contributed by atoms with van der Waals surface area (Å²) in [6.45, 7) is 6.78. The first kappa shape index (κ1) is 16.2. The second-order valence-corrected chi connectivity index (χ2v) is 5.03. The zero-order chi connectivity index (χ0) is 15.0. The number of nitrogens with two attached hydrogens (primary N) is 1. The van der Waals surface area contributed by atoms with Gasteiger partial charge in [-0.1, -0.05) is 44.2 Å². The van der Waals surface area contributed by atoms with Gasteiger partial charge in [0.2, 0.25) is 0 Å². The average molecular weight is 278 g/mol. The fourth-order valence-electron chi connectivity index (χ4n) is 2.08. The van der Waals surface area contributed by atoms with Crippen molar-refractivity contribution in [1.29, 1.82) is 0 Å². The molecule has 5 nitrogen and oxygen atoms in total. The first-order chi connectivity index (χ1) is 9.54. The van der Waals surface area contributed by atoms with Gasteiger partial charge in [0.05, 0.1) is 0 Å². The minimum atomic E-state index is -0.438. The zero-order valence-corrected chi connectivity index (χ0v) is 12.3. The van der Waals surface area contributed by atoms with E-state index < -0.39 is 6.03 Å². The average Bonchev–Trinajstić information content (AvgIpc) is 2.40. The summed E-state index contributed by atoms with van der Waals surface area (Å²) >= 11 is 0. The maximum Gasteiger partial charge on any atom is 0.321 e. The summed E-state index contributed by atoms with van der Waals surface area (Å²) in [6, 6.07) is 9.84. The third-order valence-electron chi connectivity index (χ3n) is 3.05. The topological polar surface area (TPSA) is 74.8 Å². The van der Waals surface area contributed by atoms with Crippen molar-refractivity contribution < 1.29 is 14.9 Å². The minimum absolute atomic E-state index is 0.205. The normalized spacial score (nSPS) is 12.0. The molecule has 0 bridgehead atoms. The molecule has 0 unspecified atom stereocenters. The molecule has 0 aliphatic heterocycles. The number of benzene rings is 1. The molecule has 0 aliphatic rings. The van der Waals surface area contributed by atoms with Crippen LogP contribution in [0.15, 0.2) is 30.3 Å². The Balaban J connectivity index is 2.52. The Morgan fingerprint density at radius 2 is 1.85 bits per heavy atom. The molecule has 0 saturated heterocycles. The molecular formula is C15H24N3O2+. The Kier molecular flexibility index (Phi) is 6.73. The fraction of sp³-hybridized carbons (Fsp3) is 0.467. The van der Waals surface area contributed by atoms with Gasteiger partial charge < -0.3 is 10.6 Å². The van der Waals surface area contributed by atoms with Crippen LogP contribution in [0.1, 0.15) is 32.4 Å². The van der Waals surface area contributed by atoms with E-state index in [1.54, 1.807) is 6.92 Å². The van der Waals surface area contributed by atoms with Gasteiger partial charge in [0.25, 0.3) is 5.91 Å². The molecule has 20 heavy (non-hydrogen) atoms. The maximum atomic E-state index is 11.7. The Labute approximate surface area is 120 Å². The number of carbonyl (C=O) groups excluding carboxylic acids is 2. The molecule has 1 aromatic carbocycles. The summed E-state index contributed by atoms with van der Waals surface area (Å²) in [4.78, 5) is 22.9. The van der Waals surface area contributed by atoms with Crippen molar-refractivity contribution >= 4 is 11.9 Å². The number of imide groups is 1. The number of hydrogen-bond donors (Lipinski definition) is 3. The molecule has 110 valence electrons. The van der Waals surface area contributed by atoms with Crippen LogP contribution < -0.4 is 16.0 Å². The van der Waals surface area contributed by atoms with Crippen molar-refractivity contribution in [3.8, 4) is 0 Å². The lowest BCUT2D eigenvalue weighted by Gasteiger charge is -2.19. The second kappa shape index (κ2) is 8.32. The van der Waals surface area contributed by atoms with Crippen molar-refractivity contribution in [2.45, 2.75) is 26.8 Å². The molecule has 0 heterocycles. The molecule has 5 heteroatoms. The number of hydrogen-bond acceptors (Lipinski definition) is 2. The van der Waals surface area contributed by atoms with Gasteiger partial charge in [-0.2, -0.15) is 0 Å². The number of amides is 3. The summed E-state index contributed by atoms with van der Waals surface area (Å²) < 4.78 is 0. The Bertz CT molecular complexity index is 432. The third kappa shape index (κ3) is 5.40. The van der Waals surface area contributed by atoms with Gasteiger partial charge in [-0.15, -0.1) is 0 Å². The molecule has 0 aromatic heterocycles. The summed E-state index contributed by atoms with van der Waals surface area (Å²) in [5.41, 5.74) is 1.19. The van der Waals surface area contributed by atoms with Gasteiger partial charge in [0.1, 0.15) is 6.04 Å². The standard InChI is InChI=1S/C15H23N3O2/c1-4-16-15(20)18-13(19)10-17-14(11(2)3)12-8-6-5-7-9-12/h5-9,11,14,17H,4,10H2,1-3H3,(H2,16,18,19,20)/p+1/t14-/m0/s1. The lowest BCUT2D eigenvalue weighted by atomic mass is 9.96. The molecule has 0 radical (unpaired) electrons. The van der Waals surface area contributed by atoms with Crippen LogP contribution in [0.25, 0.3) is 0 Å². The van der Waals surface area contributed by atoms with Gasteiger partial charge in [-0.3, -0.25) is 10.1 Å². The molecule has 3 amide bonds. The highest BCUT2D eigenvalue weighted by Gasteiger charge is 2.20. The summed E-state index contributed by atoms with van der Waals surface area (Å²) in [7, 11) is 0. The van der Waals surface area contributed by atoms with Gasteiger partial charge in [0, 0.05) is 18.0 Å². The largest absolute Gasteiger partial charge is 0.338 e. The number of nitrogens with one attached hydrogen (secondary N) is 2. The van der Waals surface area contributed by atoms with E-state index in [1.165, 1.54) is 5.56 Å². The third-order valence-corrected chi connectivity index (χ3v) is 3.05. The van der Waals surface area contributed by atoms with Crippen LogP contribution in [0.3, 0.4) is 0 Å². The van der Waals surface area contributed by atoms with Gasteiger partial charge in [-0.05, 0) is 6.92 Å². The van der Waals surface area contributed by atoms with Gasteiger partial charge >= 0.3 is 6.03 Å². The predicted octanol–water partition coefficient (Wildman–Crippen LogP) is 0.793. The molecule has 0 fully saturated rings. The van der Waals surface area contributed by atoms with E-state index in [2.05, 4.69) is 36.6 Å². The molecule has 1 atom stereocenters. The van der Waals surface area contributed by atoms with E-state index in [4.69, 9.17) is 0 Å². The van der Waals surface area contributed by atoms with Crippen LogP contribution in [0.5, 0.6) is 0 Å². The molecule has 4 N–H and O–H groups in total. The zero-order valence-electron chi connectivity index (χ0n) is 12.3. The molecule has 1 aromatic rings. The number of carbonyl (C=O) groups is 2.